The Balaban J connectivity index is 2.60. The summed E-state index contributed by atoms with van der Waals surface area (Å²) in [4.78, 5) is 0. The van der Waals surface area contributed by atoms with Gasteiger partial charge in [-0.05, 0) is 38.2 Å². The Morgan fingerprint density at radius 1 is 1.12 bits per heavy atom. The standard InChI is InChI=1S/C11H15N5S/c1-8(9(2)14-16-11(12)17)13-15-10-6-4-3-5-7-10/h3-7,15H,1-2H3,(H3,12,16,17). The van der Waals surface area contributed by atoms with Crippen molar-refractivity contribution >= 4 is 34.4 Å². The molecule has 0 unspecified atom stereocenters. The minimum absolute atomic E-state index is 0.133. The number of hydrogen-bond donors (Lipinski definition) is 3. The van der Waals surface area contributed by atoms with E-state index in [0.717, 1.165) is 11.4 Å². The molecule has 0 radical (unpaired) electrons. The quantitative estimate of drug-likeness (QED) is 0.431. The fourth-order valence-corrected chi connectivity index (χ4v) is 1.01. The van der Waals surface area contributed by atoms with Gasteiger partial charge in [-0.25, -0.2) is 0 Å². The summed E-state index contributed by atoms with van der Waals surface area (Å²) in [7, 11) is 0. The molecule has 4 N–H and O–H groups in total. The Morgan fingerprint density at radius 2 is 1.71 bits per heavy atom. The zero-order valence-electron chi connectivity index (χ0n) is 9.77. The smallest absolute Gasteiger partial charge is 0.184 e. The van der Waals surface area contributed by atoms with Crippen molar-refractivity contribution in [2.45, 2.75) is 13.8 Å². The molecule has 0 saturated heterocycles. The first-order chi connectivity index (χ1) is 8.09. The van der Waals surface area contributed by atoms with E-state index in [1.807, 2.05) is 44.2 Å². The molecule has 0 aliphatic carbocycles. The number of hydrazone groups is 2. The number of thiocarbonyl (C=S) groups is 1. The Morgan fingerprint density at radius 3 is 2.29 bits per heavy atom. The van der Waals surface area contributed by atoms with Crippen LogP contribution in [0.25, 0.3) is 0 Å². The monoisotopic (exact) mass is 249 g/mol. The lowest BCUT2D eigenvalue weighted by molar-refractivity contribution is 1.03. The van der Waals surface area contributed by atoms with Gasteiger partial charge < -0.3 is 5.73 Å². The van der Waals surface area contributed by atoms with Crippen molar-refractivity contribution in [1.29, 1.82) is 0 Å². The van der Waals surface area contributed by atoms with Crippen molar-refractivity contribution in [2.24, 2.45) is 15.9 Å². The third kappa shape index (κ3) is 5.07. The second kappa shape index (κ2) is 6.59. The number of hydrogen-bond acceptors (Lipinski definition) is 4. The van der Waals surface area contributed by atoms with Gasteiger partial charge in [0.25, 0.3) is 0 Å². The number of anilines is 1. The van der Waals surface area contributed by atoms with Crippen molar-refractivity contribution in [2.75, 3.05) is 5.43 Å². The van der Waals surface area contributed by atoms with E-state index in [1.165, 1.54) is 0 Å². The first-order valence-corrected chi connectivity index (χ1v) is 5.46. The fraction of sp³-hybridized carbons (Fsp3) is 0.182. The molecule has 0 aliphatic heterocycles. The van der Waals surface area contributed by atoms with Crippen LogP contribution >= 0.6 is 12.2 Å². The van der Waals surface area contributed by atoms with Gasteiger partial charge in [0.05, 0.1) is 17.1 Å². The van der Waals surface area contributed by atoms with Crippen molar-refractivity contribution in [1.82, 2.24) is 5.43 Å². The molecule has 0 aromatic heterocycles. The molecule has 0 atom stereocenters. The van der Waals surface area contributed by atoms with Crippen LogP contribution in [0.15, 0.2) is 40.5 Å². The van der Waals surface area contributed by atoms with Crippen molar-refractivity contribution < 1.29 is 0 Å². The Hall–Kier alpha value is -1.95. The van der Waals surface area contributed by atoms with Gasteiger partial charge >= 0.3 is 0 Å². The van der Waals surface area contributed by atoms with E-state index in [2.05, 4.69) is 33.3 Å². The predicted molar refractivity (Wildman–Crippen MR) is 76.2 cm³/mol. The fourth-order valence-electron chi connectivity index (χ4n) is 0.962. The van der Waals surface area contributed by atoms with Gasteiger partial charge in [0, 0.05) is 0 Å². The molecule has 1 rings (SSSR count). The molecule has 0 heterocycles. The Kier molecular flexibility index (Phi) is 5.09. The Labute approximate surface area is 106 Å². The maximum atomic E-state index is 5.26. The molecule has 0 amide bonds. The number of benzene rings is 1. The van der Waals surface area contributed by atoms with Crippen LogP contribution in [-0.4, -0.2) is 16.5 Å². The number of rotatable bonds is 4. The minimum Gasteiger partial charge on any atom is -0.375 e. The third-order valence-corrected chi connectivity index (χ3v) is 2.08. The number of nitrogens with two attached hydrogens (primary N) is 1. The van der Waals surface area contributed by atoms with E-state index in [1.54, 1.807) is 0 Å². The molecule has 17 heavy (non-hydrogen) atoms. The average Bonchev–Trinajstić information content (AvgIpc) is 2.34. The lowest BCUT2D eigenvalue weighted by Crippen LogP contribution is -2.26. The van der Waals surface area contributed by atoms with Crippen LogP contribution in [-0.2, 0) is 0 Å². The van der Waals surface area contributed by atoms with Gasteiger partial charge in [-0.2, -0.15) is 10.2 Å². The Bertz CT molecular complexity index is 438. The summed E-state index contributed by atoms with van der Waals surface area (Å²) in [5.41, 5.74) is 13.1. The van der Waals surface area contributed by atoms with E-state index in [4.69, 9.17) is 5.73 Å². The summed E-state index contributed by atoms with van der Waals surface area (Å²) in [5.74, 6) is 0. The van der Waals surface area contributed by atoms with E-state index in [0.29, 0.717) is 5.71 Å². The number of para-hydroxylation sites is 1. The molecule has 0 spiro atoms. The molecule has 1 aromatic carbocycles. The lowest BCUT2D eigenvalue weighted by atomic mass is 10.3. The molecular formula is C11H15N5S. The van der Waals surface area contributed by atoms with Gasteiger partial charge in [-0.3, -0.25) is 10.9 Å². The molecule has 0 saturated carbocycles. The van der Waals surface area contributed by atoms with E-state index in [9.17, 15) is 0 Å². The molecule has 90 valence electrons. The maximum Gasteiger partial charge on any atom is 0.184 e. The summed E-state index contributed by atoms with van der Waals surface area (Å²) in [6.07, 6.45) is 0. The largest absolute Gasteiger partial charge is 0.375 e. The maximum absolute atomic E-state index is 5.26. The SMILES string of the molecule is CC(=NNC(N)=S)C(C)=NNc1ccccc1. The highest BCUT2D eigenvalue weighted by Crippen LogP contribution is 2.04. The zero-order valence-corrected chi connectivity index (χ0v) is 10.6. The van der Waals surface area contributed by atoms with Crippen LogP contribution in [0, 0.1) is 0 Å². The normalized spacial score (nSPS) is 12.1. The third-order valence-electron chi connectivity index (χ3n) is 1.98. The van der Waals surface area contributed by atoms with Gasteiger partial charge in [0.1, 0.15) is 0 Å². The highest BCUT2D eigenvalue weighted by molar-refractivity contribution is 7.80. The first kappa shape index (κ1) is 13.1. The summed E-state index contributed by atoms with van der Waals surface area (Å²) >= 11 is 4.65. The predicted octanol–water partition coefficient (Wildman–Crippen LogP) is 1.68. The molecule has 5 nitrogen and oxygen atoms in total. The summed E-state index contributed by atoms with van der Waals surface area (Å²) in [6, 6.07) is 9.67. The highest BCUT2D eigenvalue weighted by Gasteiger charge is 1.97. The molecular weight excluding hydrogens is 234 g/mol. The minimum atomic E-state index is 0.133. The first-order valence-electron chi connectivity index (χ1n) is 5.05. The van der Waals surface area contributed by atoms with Gasteiger partial charge in [-0.15, -0.1) is 0 Å². The second-order valence-electron chi connectivity index (χ2n) is 3.35. The van der Waals surface area contributed by atoms with Crippen molar-refractivity contribution in [3.63, 3.8) is 0 Å². The molecule has 0 fully saturated rings. The average molecular weight is 249 g/mol. The van der Waals surface area contributed by atoms with E-state index < -0.39 is 0 Å². The van der Waals surface area contributed by atoms with Crippen molar-refractivity contribution in [3.8, 4) is 0 Å². The van der Waals surface area contributed by atoms with Gasteiger partial charge in [-0.1, -0.05) is 18.2 Å². The van der Waals surface area contributed by atoms with Crippen molar-refractivity contribution in [3.05, 3.63) is 30.3 Å². The number of nitrogens with one attached hydrogen (secondary N) is 2. The van der Waals surface area contributed by atoms with Crippen LogP contribution in [0.5, 0.6) is 0 Å². The van der Waals surface area contributed by atoms with Crippen LogP contribution in [0.4, 0.5) is 5.69 Å². The topological polar surface area (TPSA) is 74.8 Å². The number of nitrogens with zero attached hydrogens (tertiary/aromatic N) is 2. The summed E-state index contributed by atoms with van der Waals surface area (Å²) in [6.45, 7) is 3.66. The zero-order chi connectivity index (χ0) is 12.7. The van der Waals surface area contributed by atoms with Crippen LogP contribution in [0.2, 0.25) is 0 Å². The highest BCUT2D eigenvalue weighted by atomic mass is 32.1. The summed E-state index contributed by atoms with van der Waals surface area (Å²) in [5, 5.41) is 8.28. The van der Waals surface area contributed by atoms with Crippen LogP contribution in [0.3, 0.4) is 0 Å². The lowest BCUT2D eigenvalue weighted by Gasteiger charge is -2.03. The molecule has 6 heteroatoms. The molecule has 0 bridgehead atoms. The van der Waals surface area contributed by atoms with Crippen LogP contribution < -0.4 is 16.6 Å². The second-order valence-corrected chi connectivity index (χ2v) is 3.79. The summed E-state index contributed by atoms with van der Waals surface area (Å²) < 4.78 is 0. The van der Waals surface area contributed by atoms with Gasteiger partial charge in [0.15, 0.2) is 5.11 Å². The molecule has 1 aromatic rings. The van der Waals surface area contributed by atoms with Gasteiger partial charge in [0.2, 0.25) is 0 Å². The van der Waals surface area contributed by atoms with E-state index >= 15 is 0 Å². The molecule has 0 aliphatic rings. The van der Waals surface area contributed by atoms with E-state index in [-0.39, 0.29) is 5.11 Å². The van der Waals surface area contributed by atoms with Crippen LogP contribution in [0.1, 0.15) is 13.8 Å².